The van der Waals surface area contributed by atoms with Crippen LogP contribution in [0.15, 0.2) is 18.2 Å². The van der Waals surface area contributed by atoms with Crippen molar-refractivity contribution in [3.63, 3.8) is 0 Å². The van der Waals surface area contributed by atoms with Crippen LogP contribution in [0.1, 0.15) is 45.4 Å². The van der Waals surface area contributed by atoms with Gasteiger partial charge in [0.15, 0.2) is 0 Å². The number of hydrogen-bond donors (Lipinski definition) is 1. The molecule has 0 atom stereocenters. The summed E-state index contributed by atoms with van der Waals surface area (Å²) >= 11 is 5.83. The van der Waals surface area contributed by atoms with Crippen LogP contribution in [0.5, 0.6) is 0 Å². The van der Waals surface area contributed by atoms with Gasteiger partial charge in [-0.25, -0.2) is 0 Å². The fourth-order valence-corrected chi connectivity index (χ4v) is 3.17. The molecule has 1 aliphatic carbocycles. The van der Waals surface area contributed by atoms with Gasteiger partial charge in [0.25, 0.3) is 5.69 Å². The lowest BCUT2D eigenvalue weighted by Gasteiger charge is -2.29. The molecule has 20 heavy (non-hydrogen) atoms. The highest BCUT2D eigenvalue weighted by atomic mass is 35.5. The molecule has 2 rings (SSSR count). The van der Waals surface area contributed by atoms with E-state index < -0.39 is 0 Å². The number of benzene rings is 1. The number of halogens is 1. The number of rotatable bonds is 5. The first-order valence-electron chi connectivity index (χ1n) is 7.30. The third-order valence-corrected chi connectivity index (χ3v) is 4.29. The first kappa shape index (κ1) is 15.1. The van der Waals surface area contributed by atoms with E-state index in [1.165, 1.54) is 31.7 Å². The summed E-state index contributed by atoms with van der Waals surface area (Å²) in [4.78, 5) is 10.7. The molecular formula is C15H21ClN2O2. The Morgan fingerprint density at radius 2 is 2.05 bits per heavy atom. The van der Waals surface area contributed by atoms with E-state index in [0.717, 1.165) is 18.8 Å². The first-order chi connectivity index (χ1) is 9.60. The highest BCUT2D eigenvalue weighted by Gasteiger charge is 2.23. The summed E-state index contributed by atoms with van der Waals surface area (Å²) in [5, 5.41) is 14.8. The highest BCUT2D eigenvalue weighted by molar-refractivity contribution is 6.30. The minimum absolute atomic E-state index is 0.0631. The molecule has 0 radical (unpaired) electrons. The molecule has 4 nitrogen and oxygen atoms in total. The van der Waals surface area contributed by atoms with Crippen LogP contribution in [0.2, 0.25) is 5.02 Å². The summed E-state index contributed by atoms with van der Waals surface area (Å²) in [5.41, 5.74) is 0.645. The van der Waals surface area contributed by atoms with Crippen LogP contribution in [0, 0.1) is 16.0 Å². The minimum Gasteiger partial charge on any atom is -0.377 e. The standard InChI is InChI=1S/C15H21ClN2O2/c1-2-3-11-4-7-13(8-5-11)17-14-9-6-12(16)10-15(14)18(19)20/h6,9-11,13,17H,2-5,7-8H2,1H3. The van der Waals surface area contributed by atoms with Crippen molar-refractivity contribution < 1.29 is 4.92 Å². The van der Waals surface area contributed by atoms with Gasteiger partial charge in [0.2, 0.25) is 0 Å². The van der Waals surface area contributed by atoms with Crippen molar-refractivity contribution in [3.05, 3.63) is 33.3 Å². The molecule has 0 aromatic heterocycles. The average molecular weight is 297 g/mol. The number of hydrogen-bond acceptors (Lipinski definition) is 3. The fraction of sp³-hybridized carbons (Fsp3) is 0.600. The molecule has 1 aromatic carbocycles. The van der Waals surface area contributed by atoms with Gasteiger partial charge in [-0.3, -0.25) is 10.1 Å². The molecule has 0 spiro atoms. The van der Waals surface area contributed by atoms with Gasteiger partial charge < -0.3 is 5.32 Å². The molecule has 0 bridgehead atoms. The maximum Gasteiger partial charge on any atom is 0.293 e. The molecule has 0 amide bonds. The van der Waals surface area contributed by atoms with E-state index >= 15 is 0 Å². The monoisotopic (exact) mass is 296 g/mol. The number of anilines is 1. The predicted octanol–water partition coefficient (Wildman–Crippen LogP) is 5.02. The molecule has 1 aromatic rings. The van der Waals surface area contributed by atoms with E-state index in [1.807, 2.05) is 0 Å². The largest absolute Gasteiger partial charge is 0.377 e. The maximum atomic E-state index is 11.1. The quantitative estimate of drug-likeness (QED) is 0.613. The van der Waals surface area contributed by atoms with Crippen LogP contribution in [-0.4, -0.2) is 11.0 Å². The van der Waals surface area contributed by atoms with Crippen molar-refractivity contribution in [1.29, 1.82) is 0 Å². The summed E-state index contributed by atoms with van der Waals surface area (Å²) in [6.07, 6.45) is 7.15. The summed E-state index contributed by atoms with van der Waals surface area (Å²) < 4.78 is 0. The van der Waals surface area contributed by atoms with E-state index in [4.69, 9.17) is 11.6 Å². The number of nitrogens with zero attached hydrogens (tertiary/aromatic N) is 1. The average Bonchev–Trinajstić information content (AvgIpc) is 2.43. The van der Waals surface area contributed by atoms with Crippen molar-refractivity contribution >= 4 is 23.0 Å². The lowest BCUT2D eigenvalue weighted by Crippen LogP contribution is -2.26. The summed E-state index contributed by atoms with van der Waals surface area (Å²) in [6, 6.07) is 5.15. The first-order valence-corrected chi connectivity index (χ1v) is 7.68. The smallest absolute Gasteiger partial charge is 0.293 e. The molecule has 0 aliphatic heterocycles. The second-order valence-corrected chi connectivity index (χ2v) is 6.01. The molecule has 1 saturated carbocycles. The lowest BCUT2D eigenvalue weighted by molar-refractivity contribution is -0.384. The SMILES string of the molecule is CCCC1CCC(Nc2ccc(Cl)cc2[N+](=O)[O-])CC1. The zero-order valence-electron chi connectivity index (χ0n) is 11.8. The van der Waals surface area contributed by atoms with Gasteiger partial charge in [-0.15, -0.1) is 0 Å². The van der Waals surface area contributed by atoms with E-state index in [2.05, 4.69) is 12.2 Å². The Morgan fingerprint density at radius 3 is 2.65 bits per heavy atom. The van der Waals surface area contributed by atoms with Crippen LogP contribution in [0.4, 0.5) is 11.4 Å². The Bertz CT molecular complexity index is 471. The second-order valence-electron chi connectivity index (χ2n) is 5.57. The Balaban J connectivity index is 1.99. The van der Waals surface area contributed by atoms with Gasteiger partial charge >= 0.3 is 0 Å². The minimum atomic E-state index is -0.378. The Morgan fingerprint density at radius 1 is 1.35 bits per heavy atom. The lowest BCUT2D eigenvalue weighted by atomic mass is 9.83. The maximum absolute atomic E-state index is 11.1. The second kappa shape index (κ2) is 6.93. The van der Waals surface area contributed by atoms with E-state index in [0.29, 0.717) is 16.8 Å². The third-order valence-electron chi connectivity index (χ3n) is 4.06. The molecule has 110 valence electrons. The van der Waals surface area contributed by atoms with E-state index in [1.54, 1.807) is 12.1 Å². The highest BCUT2D eigenvalue weighted by Crippen LogP contribution is 2.33. The van der Waals surface area contributed by atoms with Gasteiger partial charge in [-0.2, -0.15) is 0 Å². The molecule has 1 fully saturated rings. The fourth-order valence-electron chi connectivity index (χ4n) is 3.00. The van der Waals surface area contributed by atoms with Crippen LogP contribution in [0.3, 0.4) is 0 Å². The van der Waals surface area contributed by atoms with Crippen LogP contribution >= 0.6 is 11.6 Å². The molecule has 0 saturated heterocycles. The number of nitro benzene ring substituents is 1. The van der Waals surface area contributed by atoms with Crippen molar-refractivity contribution in [1.82, 2.24) is 0 Å². The van der Waals surface area contributed by atoms with Crippen molar-refractivity contribution in [3.8, 4) is 0 Å². The molecule has 1 aliphatic rings. The van der Waals surface area contributed by atoms with Gasteiger partial charge in [0, 0.05) is 17.1 Å². The predicted molar refractivity (Wildman–Crippen MR) is 82.4 cm³/mol. The van der Waals surface area contributed by atoms with Crippen molar-refractivity contribution in [2.24, 2.45) is 5.92 Å². The Hall–Kier alpha value is -1.29. The van der Waals surface area contributed by atoms with Gasteiger partial charge in [-0.05, 0) is 43.7 Å². The van der Waals surface area contributed by atoms with Gasteiger partial charge in [0.1, 0.15) is 5.69 Å². The topological polar surface area (TPSA) is 55.2 Å². The molecular weight excluding hydrogens is 276 g/mol. The molecule has 1 N–H and O–H groups in total. The normalized spacial score (nSPS) is 22.5. The van der Waals surface area contributed by atoms with Crippen LogP contribution in [-0.2, 0) is 0 Å². The Labute approximate surface area is 124 Å². The molecule has 0 unspecified atom stereocenters. The summed E-state index contributed by atoms with van der Waals surface area (Å²) in [7, 11) is 0. The Kier molecular flexibility index (Phi) is 5.24. The number of nitro groups is 1. The van der Waals surface area contributed by atoms with Crippen molar-refractivity contribution in [2.75, 3.05) is 5.32 Å². The number of nitrogens with one attached hydrogen (secondary N) is 1. The van der Waals surface area contributed by atoms with Crippen LogP contribution in [0.25, 0.3) is 0 Å². The summed E-state index contributed by atoms with van der Waals surface area (Å²) in [6.45, 7) is 2.22. The van der Waals surface area contributed by atoms with Crippen LogP contribution < -0.4 is 5.32 Å². The zero-order chi connectivity index (χ0) is 14.5. The van der Waals surface area contributed by atoms with E-state index in [-0.39, 0.29) is 10.6 Å². The zero-order valence-corrected chi connectivity index (χ0v) is 12.5. The summed E-state index contributed by atoms with van der Waals surface area (Å²) in [5.74, 6) is 0.832. The molecule has 5 heteroatoms. The van der Waals surface area contributed by atoms with E-state index in [9.17, 15) is 10.1 Å². The third kappa shape index (κ3) is 3.85. The van der Waals surface area contributed by atoms with Crippen molar-refractivity contribution in [2.45, 2.75) is 51.5 Å². The van der Waals surface area contributed by atoms with Gasteiger partial charge in [0.05, 0.1) is 4.92 Å². The van der Waals surface area contributed by atoms with Gasteiger partial charge in [-0.1, -0.05) is 31.4 Å². The molecule has 0 heterocycles.